The van der Waals surface area contributed by atoms with Crippen LogP contribution in [0.25, 0.3) is 0 Å². The van der Waals surface area contributed by atoms with E-state index >= 15 is 0 Å². The molecule has 0 spiro atoms. The molecule has 2 aliphatic rings. The molecule has 0 aromatic heterocycles. The first kappa shape index (κ1) is 15.8. The Morgan fingerprint density at radius 2 is 2.05 bits per heavy atom. The van der Waals surface area contributed by atoms with Crippen LogP contribution < -0.4 is 0 Å². The normalized spacial score (nSPS) is 39.4. The van der Waals surface area contributed by atoms with Gasteiger partial charge in [0.05, 0.1) is 5.41 Å². The second-order valence-electron chi connectivity index (χ2n) is 7.49. The Hall–Kier alpha value is -0.610. The fourth-order valence-electron chi connectivity index (χ4n) is 4.34. The van der Waals surface area contributed by atoms with E-state index in [-0.39, 0.29) is 0 Å². The van der Waals surface area contributed by atoms with Crippen LogP contribution in [0.1, 0.15) is 39.5 Å². The Kier molecular flexibility index (Phi) is 4.75. The SMILES string of the molecule is CC1CCCC(CN2CC(C)C(N(C)C)C2)(C(=O)O)C1. The molecule has 20 heavy (non-hydrogen) atoms. The van der Waals surface area contributed by atoms with Crippen molar-refractivity contribution in [2.75, 3.05) is 33.7 Å². The Bertz CT molecular complexity index is 358. The van der Waals surface area contributed by atoms with Gasteiger partial charge < -0.3 is 14.9 Å². The van der Waals surface area contributed by atoms with E-state index < -0.39 is 11.4 Å². The van der Waals surface area contributed by atoms with Gasteiger partial charge in [-0.15, -0.1) is 0 Å². The summed E-state index contributed by atoms with van der Waals surface area (Å²) in [5.41, 5.74) is -0.501. The molecule has 1 N–H and O–H groups in total. The van der Waals surface area contributed by atoms with Crippen molar-refractivity contribution < 1.29 is 9.90 Å². The van der Waals surface area contributed by atoms with E-state index in [0.717, 1.165) is 38.9 Å². The third-order valence-corrected chi connectivity index (χ3v) is 5.38. The Morgan fingerprint density at radius 1 is 1.35 bits per heavy atom. The Balaban J connectivity index is 2.05. The molecule has 2 rings (SSSR count). The average Bonchev–Trinajstić information content (AvgIpc) is 2.70. The summed E-state index contributed by atoms with van der Waals surface area (Å²) in [6.45, 7) is 7.26. The highest BCUT2D eigenvalue weighted by atomic mass is 16.4. The van der Waals surface area contributed by atoms with Crippen LogP contribution in [0.2, 0.25) is 0 Å². The van der Waals surface area contributed by atoms with Gasteiger partial charge in [-0.3, -0.25) is 4.79 Å². The standard InChI is InChI=1S/C16H30N2O2/c1-12-6-5-7-16(8-12,15(19)20)11-18-9-13(2)14(10-18)17(3)4/h12-14H,5-11H2,1-4H3,(H,19,20). The number of carboxylic acid groups (broad SMARTS) is 1. The number of rotatable bonds is 4. The Labute approximate surface area is 123 Å². The van der Waals surface area contributed by atoms with Gasteiger partial charge in [0.15, 0.2) is 0 Å². The highest BCUT2D eigenvalue weighted by molar-refractivity contribution is 5.75. The van der Waals surface area contributed by atoms with Crippen molar-refractivity contribution in [1.82, 2.24) is 9.80 Å². The maximum Gasteiger partial charge on any atom is 0.310 e. The molecule has 1 aliphatic carbocycles. The minimum absolute atomic E-state index is 0.501. The summed E-state index contributed by atoms with van der Waals surface area (Å²) in [6, 6.07) is 0.557. The molecule has 0 bridgehead atoms. The number of aliphatic carboxylic acids is 1. The zero-order valence-corrected chi connectivity index (χ0v) is 13.4. The zero-order chi connectivity index (χ0) is 14.9. The molecule has 1 saturated heterocycles. The number of carbonyl (C=O) groups is 1. The van der Waals surface area contributed by atoms with Crippen molar-refractivity contribution in [3.05, 3.63) is 0 Å². The van der Waals surface area contributed by atoms with E-state index in [0.29, 0.717) is 17.9 Å². The molecule has 4 atom stereocenters. The van der Waals surface area contributed by atoms with E-state index in [2.05, 4.69) is 37.7 Å². The van der Waals surface area contributed by atoms with Crippen LogP contribution in [0.3, 0.4) is 0 Å². The van der Waals surface area contributed by atoms with Gasteiger partial charge in [-0.05, 0) is 38.8 Å². The number of carboxylic acids is 1. The first-order chi connectivity index (χ1) is 9.34. The van der Waals surface area contributed by atoms with E-state index in [1.807, 2.05) is 0 Å². The largest absolute Gasteiger partial charge is 0.481 e. The lowest BCUT2D eigenvalue weighted by molar-refractivity contribution is -0.153. The lowest BCUT2D eigenvalue weighted by Crippen LogP contribution is -2.46. The maximum absolute atomic E-state index is 11.9. The van der Waals surface area contributed by atoms with Gasteiger partial charge in [-0.1, -0.05) is 26.7 Å². The lowest BCUT2D eigenvalue weighted by Gasteiger charge is -2.39. The van der Waals surface area contributed by atoms with E-state index in [4.69, 9.17) is 0 Å². The number of nitrogens with zero attached hydrogens (tertiary/aromatic N) is 2. The summed E-state index contributed by atoms with van der Waals surface area (Å²) in [4.78, 5) is 16.5. The predicted octanol–water partition coefficient (Wildman–Crippen LogP) is 2.15. The average molecular weight is 282 g/mol. The smallest absolute Gasteiger partial charge is 0.310 e. The molecule has 0 amide bonds. The van der Waals surface area contributed by atoms with Crippen molar-refractivity contribution >= 4 is 5.97 Å². The molecule has 1 heterocycles. The van der Waals surface area contributed by atoms with Crippen molar-refractivity contribution in [1.29, 1.82) is 0 Å². The van der Waals surface area contributed by atoms with Crippen LogP contribution in [0, 0.1) is 17.3 Å². The fraction of sp³-hybridized carbons (Fsp3) is 0.938. The molecule has 2 fully saturated rings. The maximum atomic E-state index is 11.9. The molecule has 116 valence electrons. The van der Waals surface area contributed by atoms with Crippen molar-refractivity contribution in [2.45, 2.75) is 45.6 Å². The molecule has 0 aromatic rings. The Morgan fingerprint density at radius 3 is 2.55 bits per heavy atom. The lowest BCUT2D eigenvalue weighted by atomic mass is 9.69. The molecule has 4 nitrogen and oxygen atoms in total. The van der Waals surface area contributed by atoms with Gasteiger partial charge in [0.25, 0.3) is 0 Å². The molecular formula is C16H30N2O2. The third-order valence-electron chi connectivity index (χ3n) is 5.38. The van der Waals surface area contributed by atoms with Crippen molar-refractivity contribution in [3.8, 4) is 0 Å². The number of likely N-dealkylation sites (tertiary alicyclic amines) is 1. The molecule has 1 aliphatic heterocycles. The molecule has 0 radical (unpaired) electrons. The van der Waals surface area contributed by atoms with Gasteiger partial charge in [0.2, 0.25) is 0 Å². The number of hydrogen-bond donors (Lipinski definition) is 1. The predicted molar refractivity (Wildman–Crippen MR) is 80.8 cm³/mol. The summed E-state index contributed by atoms with van der Waals surface area (Å²) >= 11 is 0. The molecule has 1 saturated carbocycles. The quantitative estimate of drug-likeness (QED) is 0.858. The van der Waals surface area contributed by atoms with Crippen molar-refractivity contribution in [3.63, 3.8) is 0 Å². The van der Waals surface area contributed by atoms with Gasteiger partial charge in [0, 0.05) is 25.7 Å². The van der Waals surface area contributed by atoms with Crippen LogP contribution in [0.5, 0.6) is 0 Å². The van der Waals surface area contributed by atoms with Gasteiger partial charge in [0.1, 0.15) is 0 Å². The summed E-state index contributed by atoms with van der Waals surface area (Å²) < 4.78 is 0. The van der Waals surface area contributed by atoms with Crippen LogP contribution >= 0.6 is 0 Å². The van der Waals surface area contributed by atoms with Gasteiger partial charge in [-0.2, -0.15) is 0 Å². The van der Waals surface area contributed by atoms with E-state index in [9.17, 15) is 9.90 Å². The van der Waals surface area contributed by atoms with Crippen molar-refractivity contribution in [2.24, 2.45) is 17.3 Å². The first-order valence-electron chi connectivity index (χ1n) is 7.96. The number of likely N-dealkylation sites (N-methyl/N-ethyl adjacent to an activating group) is 1. The van der Waals surface area contributed by atoms with Gasteiger partial charge >= 0.3 is 5.97 Å². The minimum Gasteiger partial charge on any atom is -0.481 e. The number of hydrogen-bond acceptors (Lipinski definition) is 3. The van der Waals surface area contributed by atoms with Crippen LogP contribution in [0.15, 0.2) is 0 Å². The summed E-state index contributed by atoms with van der Waals surface area (Å²) in [6.07, 6.45) is 3.95. The first-order valence-corrected chi connectivity index (χ1v) is 7.96. The van der Waals surface area contributed by atoms with E-state index in [1.165, 1.54) is 6.42 Å². The second kappa shape index (κ2) is 6.02. The summed E-state index contributed by atoms with van der Waals surface area (Å²) in [7, 11) is 4.25. The monoisotopic (exact) mass is 282 g/mol. The van der Waals surface area contributed by atoms with Crippen LogP contribution in [0.4, 0.5) is 0 Å². The summed E-state index contributed by atoms with van der Waals surface area (Å²) in [5.74, 6) is 0.589. The van der Waals surface area contributed by atoms with Gasteiger partial charge in [-0.25, -0.2) is 0 Å². The molecule has 4 heteroatoms. The van der Waals surface area contributed by atoms with Crippen LogP contribution in [-0.4, -0.2) is 60.6 Å². The molecular weight excluding hydrogens is 252 g/mol. The third kappa shape index (κ3) is 3.17. The fourth-order valence-corrected chi connectivity index (χ4v) is 4.34. The zero-order valence-electron chi connectivity index (χ0n) is 13.4. The van der Waals surface area contributed by atoms with E-state index in [1.54, 1.807) is 0 Å². The second-order valence-corrected chi connectivity index (χ2v) is 7.49. The van der Waals surface area contributed by atoms with Crippen LogP contribution in [-0.2, 0) is 4.79 Å². The molecule has 4 unspecified atom stereocenters. The topological polar surface area (TPSA) is 43.8 Å². The highest BCUT2D eigenvalue weighted by Gasteiger charge is 2.45. The summed E-state index contributed by atoms with van der Waals surface area (Å²) in [5, 5.41) is 9.77. The molecule has 0 aromatic carbocycles. The highest BCUT2D eigenvalue weighted by Crippen LogP contribution is 2.41. The minimum atomic E-state index is -0.579.